The number of carboxylic acid groups (broad SMARTS) is 1. The molecule has 0 amide bonds. The quantitative estimate of drug-likeness (QED) is 0.621. The topological polar surface area (TPSA) is 94.1 Å². The Balaban J connectivity index is 1.43. The molecule has 0 saturated carbocycles. The fourth-order valence-electron chi connectivity index (χ4n) is 3.51. The van der Waals surface area contributed by atoms with Crippen LogP contribution in [0.1, 0.15) is 29.6 Å². The minimum absolute atomic E-state index is 0.176. The van der Waals surface area contributed by atoms with Crippen LogP contribution in [0.5, 0.6) is 0 Å². The van der Waals surface area contributed by atoms with Gasteiger partial charge in [0.25, 0.3) is 0 Å². The Labute approximate surface area is 157 Å². The van der Waals surface area contributed by atoms with Crippen molar-refractivity contribution < 1.29 is 9.90 Å². The van der Waals surface area contributed by atoms with Crippen molar-refractivity contribution >= 4 is 22.8 Å². The highest BCUT2D eigenvalue weighted by Gasteiger charge is 2.14. The van der Waals surface area contributed by atoms with E-state index in [1.54, 1.807) is 0 Å². The van der Waals surface area contributed by atoms with Gasteiger partial charge < -0.3 is 20.3 Å². The highest BCUT2D eigenvalue weighted by molar-refractivity contribution is 6.00. The number of piperidine rings is 1. The Morgan fingerprint density at radius 3 is 2.67 bits per heavy atom. The van der Waals surface area contributed by atoms with E-state index in [1.807, 2.05) is 24.3 Å². The first-order valence-corrected chi connectivity index (χ1v) is 9.35. The van der Waals surface area contributed by atoms with Crippen molar-refractivity contribution in [3.05, 3.63) is 42.1 Å². The molecule has 0 radical (unpaired) electrons. The summed E-state index contributed by atoms with van der Waals surface area (Å²) in [7, 11) is 0. The van der Waals surface area contributed by atoms with Crippen molar-refractivity contribution in [2.24, 2.45) is 0 Å². The summed E-state index contributed by atoms with van der Waals surface area (Å²) in [5.41, 5.74) is 2.99. The molecule has 0 bridgehead atoms. The maximum Gasteiger partial charge on any atom is 0.338 e. The highest BCUT2D eigenvalue weighted by Crippen LogP contribution is 2.23. The molecule has 140 valence electrons. The van der Waals surface area contributed by atoms with Crippen LogP contribution in [0, 0.1) is 0 Å². The lowest BCUT2D eigenvalue weighted by Gasteiger charge is -2.26. The summed E-state index contributed by atoms with van der Waals surface area (Å²) in [6.07, 6.45) is 5.44. The number of pyridine rings is 1. The van der Waals surface area contributed by atoms with Crippen molar-refractivity contribution in [2.45, 2.75) is 19.3 Å². The summed E-state index contributed by atoms with van der Waals surface area (Å²) >= 11 is 0. The Hall–Kier alpha value is -2.93. The van der Waals surface area contributed by atoms with E-state index in [0.717, 1.165) is 24.3 Å². The van der Waals surface area contributed by atoms with Gasteiger partial charge in [-0.05, 0) is 56.3 Å². The van der Waals surface area contributed by atoms with Gasteiger partial charge in [-0.15, -0.1) is 0 Å². The molecule has 3 heterocycles. The van der Waals surface area contributed by atoms with Crippen LogP contribution in [0.15, 0.2) is 36.5 Å². The number of aromatic nitrogens is 3. The number of nitrogens with zero attached hydrogens (tertiary/aromatic N) is 3. The average Bonchev–Trinajstić information content (AvgIpc) is 3.13. The summed E-state index contributed by atoms with van der Waals surface area (Å²) in [4.78, 5) is 25.5. The van der Waals surface area contributed by atoms with E-state index in [9.17, 15) is 9.90 Å². The maximum atomic E-state index is 11.3. The number of hydrogen-bond acceptors (Lipinski definition) is 5. The van der Waals surface area contributed by atoms with E-state index in [2.05, 4.69) is 25.2 Å². The number of benzene rings is 1. The van der Waals surface area contributed by atoms with Crippen LogP contribution in [0.2, 0.25) is 0 Å². The van der Waals surface area contributed by atoms with Crippen LogP contribution >= 0.6 is 0 Å². The number of anilines is 1. The zero-order valence-corrected chi connectivity index (χ0v) is 15.1. The maximum absolute atomic E-state index is 11.3. The Morgan fingerprint density at radius 2 is 1.93 bits per heavy atom. The van der Waals surface area contributed by atoms with E-state index < -0.39 is 5.97 Å². The van der Waals surface area contributed by atoms with Crippen LogP contribution < -0.4 is 5.32 Å². The minimum Gasteiger partial charge on any atom is -0.478 e. The molecule has 4 rings (SSSR count). The van der Waals surface area contributed by atoms with Gasteiger partial charge in [-0.1, -0.05) is 6.42 Å². The number of carbonyl (C=O) groups is 1. The van der Waals surface area contributed by atoms with Crippen molar-refractivity contribution in [1.82, 2.24) is 19.9 Å². The average molecular weight is 365 g/mol. The van der Waals surface area contributed by atoms with Crippen LogP contribution in [-0.2, 0) is 0 Å². The van der Waals surface area contributed by atoms with Crippen molar-refractivity contribution in [3.8, 4) is 11.4 Å². The molecule has 1 fully saturated rings. The van der Waals surface area contributed by atoms with Gasteiger partial charge in [0.05, 0.1) is 11.1 Å². The SMILES string of the molecule is O=C(O)c1ccnc2nc(-c3ccc(NCCN4CCCCC4)cc3)[nH]c12. The lowest BCUT2D eigenvalue weighted by molar-refractivity contribution is 0.0698. The summed E-state index contributed by atoms with van der Waals surface area (Å²) < 4.78 is 0. The van der Waals surface area contributed by atoms with Gasteiger partial charge in [0.1, 0.15) is 5.82 Å². The Kier molecular flexibility index (Phi) is 5.02. The zero-order valence-electron chi connectivity index (χ0n) is 15.1. The molecule has 3 aromatic rings. The molecule has 0 aliphatic carbocycles. The first-order valence-electron chi connectivity index (χ1n) is 9.35. The summed E-state index contributed by atoms with van der Waals surface area (Å²) in [5, 5.41) is 12.7. The number of fused-ring (bicyclic) bond motifs is 1. The van der Waals surface area contributed by atoms with Gasteiger partial charge >= 0.3 is 5.97 Å². The third kappa shape index (κ3) is 3.93. The molecule has 1 aliphatic heterocycles. The molecule has 1 aliphatic rings. The third-order valence-electron chi connectivity index (χ3n) is 4.99. The van der Waals surface area contributed by atoms with Crippen molar-refractivity contribution in [2.75, 3.05) is 31.5 Å². The standard InChI is InChI=1S/C20H23N5O2/c26-20(27)16-8-9-22-19-17(16)23-18(24-19)14-4-6-15(7-5-14)21-10-13-25-11-2-1-3-12-25/h4-9,21H,1-3,10-13H2,(H,26,27)(H,22,23,24). The summed E-state index contributed by atoms with van der Waals surface area (Å²) in [5.74, 6) is -0.378. The van der Waals surface area contributed by atoms with Gasteiger partial charge in [0, 0.05) is 30.5 Å². The number of carboxylic acids is 1. The molecule has 1 aromatic carbocycles. The molecule has 1 saturated heterocycles. The molecule has 7 heteroatoms. The molecular formula is C20H23N5O2. The van der Waals surface area contributed by atoms with Crippen molar-refractivity contribution in [3.63, 3.8) is 0 Å². The van der Waals surface area contributed by atoms with Crippen LogP contribution in [0.3, 0.4) is 0 Å². The van der Waals surface area contributed by atoms with E-state index >= 15 is 0 Å². The van der Waals surface area contributed by atoms with Gasteiger partial charge in [-0.25, -0.2) is 14.8 Å². The second-order valence-electron chi connectivity index (χ2n) is 6.85. The van der Waals surface area contributed by atoms with E-state index in [-0.39, 0.29) is 5.56 Å². The normalized spacial score (nSPS) is 15.1. The monoisotopic (exact) mass is 365 g/mol. The molecule has 0 unspecified atom stereocenters. The molecule has 0 spiro atoms. The molecule has 3 N–H and O–H groups in total. The predicted molar refractivity (Wildman–Crippen MR) is 105 cm³/mol. The highest BCUT2D eigenvalue weighted by atomic mass is 16.4. The number of imidazole rings is 1. The van der Waals surface area contributed by atoms with Crippen LogP contribution in [0.25, 0.3) is 22.6 Å². The second-order valence-corrected chi connectivity index (χ2v) is 6.85. The van der Waals surface area contributed by atoms with E-state index in [1.165, 1.54) is 44.6 Å². The van der Waals surface area contributed by atoms with E-state index in [0.29, 0.717) is 17.0 Å². The fraction of sp³-hybridized carbons (Fsp3) is 0.350. The van der Waals surface area contributed by atoms with Crippen LogP contribution in [0.4, 0.5) is 5.69 Å². The molecule has 2 aromatic heterocycles. The number of H-pyrrole nitrogens is 1. The largest absolute Gasteiger partial charge is 0.478 e. The fourth-order valence-corrected chi connectivity index (χ4v) is 3.51. The molecule has 27 heavy (non-hydrogen) atoms. The number of rotatable bonds is 6. The predicted octanol–water partition coefficient (Wildman–Crippen LogP) is 3.22. The number of nitrogens with one attached hydrogen (secondary N) is 2. The number of likely N-dealkylation sites (tertiary alicyclic amines) is 1. The Morgan fingerprint density at radius 1 is 1.15 bits per heavy atom. The van der Waals surface area contributed by atoms with E-state index in [4.69, 9.17) is 0 Å². The minimum atomic E-state index is -0.995. The second kappa shape index (κ2) is 7.75. The summed E-state index contributed by atoms with van der Waals surface area (Å²) in [6.45, 7) is 4.41. The van der Waals surface area contributed by atoms with Crippen LogP contribution in [-0.4, -0.2) is 57.1 Å². The molecule has 7 nitrogen and oxygen atoms in total. The summed E-state index contributed by atoms with van der Waals surface area (Å²) in [6, 6.07) is 9.46. The van der Waals surface area contributed by atoms with Crippen molar-refractivity contribution in [1.29, 1.82) is 0 Å². The molecule has 0 atom stereocenters. The van der Waals surface area contributed by atoms with Gasteiger partial charge in [-0.3, -0.25) is 0 Å². The third-order valence-corrected chi connectivity index (χ3v) is 4.99. The van der Waals surface area contributed by atoms with Gasteiger partial charge in [0.15, 0.2) is 5.65 Å². The number of hydrogen-bond donors (Lipinski definition) is 3. The van der Waals surface area contributed by atoms with Gasteiger partial charge in [0.2, 0.25) is 0 Å². The zero-order chi connectivity index (χ0) is 18.6. The number of aromatic amines is 1. The van der Waals surface area contributed by atoms with Gasteiger partial charge in [-0.2, -0.15) is 0 Å². The lowest BCUT2D eigenvalue weighted by atomic mass is 10.1. The number of aromatic carboxylic acids is 1. The lowest BCUT2D eigenvalue weighted by Crippen LogP contribution is -2.33. The first kappa shape index (κ1) is 17.5. The molecular weight excluding hydrogens is 342 g/mol. The Bertz CT molecular complexity index is 929. The first-order chi connectivity index (χ1) is 13.2. The smallest absolute Gasteiger partial charge is 0.338 e.